The molecule has 0 unspecified atom stereocenters. The molecule has 0 saturated heterocycles. The lowest BCUT2D eigenvalue weighted by Gasteiger charge is -2.20. The van der Waals surface area contributed by atoms with Gasteiger partial charge in [0.25, 0.3) is 0 Å². The van der Waals surface area contributed by atoms with Gasteiger partial charge in [-0.1, -0.05) is 194 Å². The van der Waals surface area contributed by atoms with E-state index in [1.165, 1.54) is 0 Å². The number of hydrogen-bond acceptors (Lipinski definition) is 10. The molecule has 0 aliphatic rings. The first-order chi connectivity index (χ1) is 39.7. The van der Waals surface area contributed by atoms with Crippen LogP contribution in [-0.4, -0.2) is 59.0 Å². The summed E-state index contributed by atoms with van der Waals surface area (Å²) in [5.41, 5.74) is 11.5. The Balaban J connectivity index is 1.06. The molecule has 12 nitrogen and oxygen atoms in total. The van der Waals surface area contributed by atoms with Crippen molar-refractivity contribution in [1.82, 2.24) is 59.0 Å². The molecule has 6 heterocycles. The summed E-state index contributed by atoms with van der Waals surface area (Å²) in [6.45, 7) is 0. The summed E-state index contributed by atoms with van der Waals surface area (Å²) in [5.74, 6) is 3.78. The molecule has 0 spiro atoms. The Morgan fingerprint density at radius 3 is 1.09 bits per heavy atom. The molecule has 0 amide bonds. The first-order valence-corrected chi connectivity index (χ1v) is 26.2. The minimum Gasteiger partial charge on any atom is -0.309 e. The zero-order chi connectivity index (χ0) is 52.9. The first kappa shape index (κ1) is 46.1. The third kappa shape index (κ3) is 8.02. The summed E-state index contributed by atoms with van der Waals surface area (Å²) in [4.78, 5) is 52.1. The van der Waals surface area contributed by atoms with Crippen molar-refractivity contribution >= 4 is 43.6 Å². The molecule has 0 bridgehead atoms. The summed E-state index contributed by atoms with van der Waals surface area (Å²) in [6, 6.07) is 81.7. The van der Waals surface area contributed by atoms with Gasteiger partial charge >= 0.3 is 0 Å². The molecule has 0 fully saturated rings. The van der Waals surface area contributed by atoms with Crippen molar-refractivity contribution in [3.63, 3.8) is 0 Å². The molecule has 15 aromatic rings. The monoisotopic (exact) mass is 1030 g/mol. The highest BCUT2D eigenvalue weighted by Gasteiger charge is 2.29. The van der Waals surface area contributed by atoms with Gasteiger partial charge in [-0.2, -0.15) is 0 Å². The van der Waals surface area contributed by atoms with E-state index in [-0.39, 0.29) is 0 Å². The van der Waals surface area contributed by atoms with Crippen LogP contribution in [0.5, 0.6) is 0 Å². The maximum atomic E-state index is 5.58. The van der Waals surface area contributed by atoms with E-state index in [1.807, 2.05) is 140 Å². The highest BCUT2D eigenvalue weighted by Crippen LogP contribution is 2.48. The molecular weight excluding hydrogens is 985 g/mol. The predicted molar refractivity (Wildman–Crippen MR) is 317 cm³/mol. The molecule has 0 aliphatic heterocycles. The molecule has 6 aromatic heterocycles. The lowest BCUT2D eigenvalue weighted by Crippen LogP contribution is -2.07. The van der Waals surface area contributed by atoms with Crippen LogP contribution in [0.1, 0.15) is 0 Å². The van der Waals surface area contributed by atoms with E-state index in [1.54, 1.807) is 12.4 Å². The topological polar surface area (TPSA) is 139 Å². The second-order valence-corrected chi connectivity index (χ2v) is 19.2. The second kappa shape index (κ2) is 19.4. The van der Waals surface area contributed by atoms with Gasteiger partial charge in [0.05, 0.1) is 33.3 Å². The standard InChI is InChI=1S/C68H42N12/c1-6-22-43(23-7-1)61-73-62(44-24-8-2-9-25-44)76-66(75-61)52-38-40-69-65(71-52)51-42-57-58(50-34-18-21-37-56(50)79(57)47-30-14-5-15-31-47)59(60(51)80-54-35-19-16-32-48(54)49-33-17-20-36-55(49)80)68-70-41-39-53(72-68)67-77-63(45-26-10-3-11-27-45)74-64(78-67)46-28-12-4-13-29-46/h1-42H. The van der Waals surface area contributed by atoms with Crippen LogP contribution in [0.4, 0.5) is 0 Å². The zero-order valence-electron chi connectivity index (χ0n) is 42.6. The number of benzene rings is 9. The van der Waals surface area contributed by atoms with Crippen molar-refractivity contribution < 1.29 is 0 Å². The van der Waals surface area contributed by atoms with Gasteiger partial charge in [0.1, 0.15) is 11.4 Å². The SMILES string of the molecule is c1ccc(-c2nc(-c3ccccc3)nc(-c3ccnc(-c4cc5c(c(-c6nccc(-c7nc(-c8ccccc8)nc(-c8ccccc8)n7)n6)c4-n4c6ccccc6c6ccccc64)c4ccccc4n5-c4ccccc4)n3)n2)cc1. The summed E-state index contributed by atoms with van der Waals surface area (Å²) in [7, 11) is 0. The maximum absolute atomic E-state index is 5.58. The van der Waals surface area contributed by atoms with Gasteiger partial charge in [0, 0.05) is 67.4 Å². The smallest absolute Gasteiger partial charge is 0.182 e. The van der Waals surface area contributed by atoms with Crippen molar-refractivity contribution in [2.75, 3.05) is 0 Å². The van der Waals surface area contributed by atoms with E-state index < -0.39 is 0 Å². The Labute approximate surface area is 458 Å². The highest BCUT2D eigenvalue weighted by molar-refractivity contribution is 6.20. The van der Waals surface area contributed by atoms with Gasteiger partial charge in [0.15, 0.2) is 46.6 Å². The minimum absolute atomic E-state index is 0.400. The molecular formula is C68H42N12. The van der Waals surface area contributed by atoms with Crippen molar-refractivity contribution in [3.8, 4) is 103 Å². The molecule has 0 N–H and O–H groups in total. The minimum atomic E-state index is 0.400. The van der Waals surface area contributed by atoms with E-state index >= 15 is 0 Å². The van der Waals surface area contributed by atoms with Gasteiger partial charge in [-0.3, -0.25) is 0 Å². The van der Waals surface area contributed by atoms with E-state index in [0.717, 1.165) is 82.8 Å². The summed E-state index contributed by atoms with van der Waals surface area (Å²) >= 11 is 0. The van der Waals surface area contributed by atoms with Crippen molar-refractivity contribution in [2.45, 2.75) is 0 Å². The average molecular weight is 1030 g/mol. The number of aromatic nitrogens is 12. The van der Waals surface area contributed by atoms with Crippen molar-refractivity contribution in [1.29, 1.82) is 0 Å². The summed E-state index contributed by atoms with van der Waals surface area (Å²) in [6.07, 6.45) is 3.58. The quantitative estimate of drug-likeness (QED) is 0.130. The van der Waals surface area contributed by atoms with Crippen molar-refractivity contribution in [2.24, 2.45) is 0 Å². The van der Waals surface area contributed by atoms with Crippen LogP contribution in [0.3, 0.4) is 0 Å². The van der Waals surface area contributed by atoms with Crippen LogP contribution < -0.4 is 0 Å². The van der Waals surface area contributed by atoms with Crippen LogP contribution in [0.2, 0.25) is 0 Å². The largest absolute Gasteiger partial charge is 0.309 e. The fraction of sp³-hybridized carbons (Fsp3) is 0. The Hall–Kier alpha value is -11.2. The number of rotatable bonds is 10. The lowest BCUT2D eigenvalue weighted by molar-refractivity contribution is 1.04. The van der Waals surface area contributed by atoms with Gasteiger partial charge in [-0.05, 0) is 48.5 Å². The number of nitrogens with zero attached hydrogens (tertiary/aromatic N) is 12. The van der Waals surface area contributed by atoms with E-state index in [2.05, 4.69) is 112 Å². The summed E-state index contributed by atoms with van der Waals surface area (Å²) in [5, 5.41) is 4.09. The van der Waals surface area contributed by atoms with Gasteiger partial charge in [0.2, 0.25) is 0 Å². The van der Waals surface area contributed by atoms with E-state index in [0.29, 0.717) is 63.5 Å². The molecule has 15 rings (SSSR count). The third-order valence-electron chi connectivity index (χ3n) is 14.4. The molecule has 12 heteroatoms. The maximum Gasteiger partial charge on any atom is 0.182 e. The summed E-state index contributed by atoms with van der Waals surface area (Å²) < 4.78 is 4.62. The van der Waals surface area contributed by atoms with Gasteiger partial charge < -0.3 is 9.13 Å². The Bertz CT molecular complexity index is 4650. The molecule has 0 atom stereocenters. The van der Waals surface area contributed by atoms with Crippen LogP contribution >= 0.6 is 0 Å². The number of hydrogen-bond donors (Lipinski definition) is 0. The fourth-order valence-corrected chi connectivity index (χ4v) is 10.8. The fourth-order valence-electron chi connectivity index (χ4n) is 10.8. The molecule has 0 saturated carbocycles. The normalized spacial score (nSPS) is 11.5. The Morgan fingerprint density at radius 1 is 0.263 bits per heavy atom. The van der Waals surface area contributed by atoms with Crippen LogP contribution in [0, 0.1) is 0 Å². The second-order valence-electron chi connectivity index (χ2n) is 19.2. The lowest BCUT2D eigenvalue weighted by atomic mass is 9.97. The Morgan fingerprint density at radius 2 is 0.625 bits per heavy atom. The van der Waals surface area contributed by atoms with Crippen molar-refractivity contribution in [3.05, 3.63) is 255 Å². The van der Waals surface area contributed by atoms with E-state index in [9.17, 15) is 0 Å². The first-order valence-electron chi connectivity index (χ1n) is 26.2. The number of fused-ring (bicyclic) bond motifs is 6. The average Bonchev–Trinajstić information content (AvgIpc) is 4.08. The van der Waals surface area contributed by atoms with Gasteiger partial charge in [-0.25, -0.2) is 49.8 Å². The predicted octanol–water partition coefficient (Wildman–Crippen LogP) is 15.2. The van der Waals surface area contributed by atoms with E-state index in [4.69, 9.17) is 49.8 Å². The molecule has 80 heavy (non-hydrogen) atoms. The Kier molecular flexibility index (Phi) is 11.2. The molecule has 0 radical (unpaired) electrons. The van der Waals surface area contributed by atoms with Crippen LogP contribution in [0.15, 0.2) is 255 Å². The molecule has 9 aromatic carbocycles. The third-order valence-corrected chi connectivity index (χ3v) is 14.4. The van der Waals surface area contributed by atoms with Crippen LogP contribution in [-0.2, 0) is 0 Å². The number of para-hydroxylation sites is 4. The van der Waals surface area contributed by atoms with Crippen LogP contribution in [0.25, 0.3) is 146 Å². The molecule has 374 valence electrons. The molecule has 0 aliphatic carbocycles. The van der Waals surface area contributed by atoms with Gasteiger partial charge in [-0.15, -0.1) is 0 Å². The zero-order valence-corrected chi connectivity index (χ0v) is 42.6. The highest BCUT2D eigenvalue weighted by atomic mass is 15.1.